The van der Waals surface area contributed by atoms with Crippen LogP contribution in [0.5, 0.6) is 0 Å². The van der Waals surface area contributed by atoms with Crippen LogP contribution in [0.15, 0.2) is 0 Å². The third-order valence-corrected chi connectivity index (χ3v) is 1.67. The molecule has 2 nitrogen and oxygen atoms in total. The van der Waals surface area contributed by atoms with Gasteiger partial charge in [-0.3, -0.25) is 0 Å². The van der Waals surface area contributed by atoms with Crippen molar-refractivity contribution in [3.63, 3.8) is 0 Å². The first kappa shape index (κ1) is 7.10. The molecule has 52 valence electrons. The molecule has 0 aliphatic carbocycles. The summed E-state index contributed by atoms with van der Waals surface area (Å²) in [5, 5.41) is 0. The highest BCUT2D eigenvalue weighted by molar-refractivity contribution is 6.11. The van der Waals surface area contributed by atoms with Crippen molar-refractivity contribution in [3.05, 3.63) is 0 Å². The second kappa shape index (κ2) is 3.23. The van der Waals surface area contributed by atoms with Crippen molar-refractivity contribution in [1.29, 1.82) is 0 Å². The van der Waals surface area contributed by atoms with Gasteiger partial charge in [0.2, 0.25) is 0 Å². The molecule has 1 fully saturated rings. The van der Waals surface area contributed by atoms with Gasteiger partial charge in [0, 0.05) is 13.1 Å². The van der Waals surface area contributed by atoms with Crippen LogP contribution in [0.25, 0.3) is 0 Å². The molecule has 0 aromatic carbocycles. The Kier molecular flexibility index (Phi) is 2.55. The Morgan fingerprint density at radius 3 is 2.89 bits per heavy atom. The van der Waals surface area contributed by atoms with Crippen molar-refractivity contribution >= 4 is 7.85 Å². The molecular formula is C6H13BO2. The number of methoxy groups -OCH3 is 1. The fraction of sp³-hybridized carbons (Fsp3) is 1.00. The minimum absolute atomic E-state index is 0.366. The highest BCUT2D eigenvalue weighted by Crippen LogP contribution is 2.16. The average molecular weight is 128 g/mol. The van der Waals surface area contributed by atoms with Crippen LogP contribution in [-0.4, -0.2) is 33.7 Å². The first-order valence-corrected chi connectivity index (χ1v) is 3.47. The Hall–Kier alpha value is -0.0151. The molecule has 0 saturated carbocycles. The van der Waals surface area contributed by atoms with Gasteiger partial charge in [-0.25, -0.2) is 0 Å². The Balaban J connectivity index is 2.14. The van der Waals surface area contributed by atoms with Gasteiger partial charge < -0.3 is 9.47 Å². The zero-order valence-corrected chi connectivity index (χ0v) is 6.09. The topological polar surface area (TPSA) is 18.5 Å². The molecule has 1 aliphatic heterocycles. The van der Waals surface area contributed by atoms with E-state index in [1.54, 1.807) is 7.11 Å². The molecular weight excluding hydrogens is 115 g/mol. The third-order valence-electron chi connectivity index (χ3n) is 1.67. The summed E-state index contributed by atoms with van der Waals surface area (Å²) in [6.07, 6.45) is 2.72. The monoisotopic (exact) mass is 128 g/mol. The van der Waals surface area contributed by atoms with Gasteiger partial charge in [0.05, 0.1) is 12.7 Å². The molecule has 0 spiro atoms. The molecule has 0 amide bonds. The molecule has 0 bridgehead atoms. The highest BCUT2D eigenvalue weighted by atomic mass is 16.5. The summed E-state index contributed by atoms with van der Waals surface area (Å²) in [7, 11) is 3.82. The molecule has 0 radical (unpaired) electrons. The van der Waals surface area contributed by atoms with Crippen molar-refractivity contribution in [2.75, 3.05) is 13.7 Å². The zero-order valence-electron chi connectivity index (χ0n) is 6.09. The lowest BCUT2D eigenvalue weighted by Crippen LogP contribution is -2.15. The van der Waals surface area contributed by atoms with Crippen molar-refractivity contribution in [2.45, 2.75) is 24.9 Å². The van der Waals surface area contributed by atoms with E-state index >= 15 is 0 Å². The summed E-state index contributed by atoms with van der Waals surface area (Å²) in [4.78, 5) is 0. The van der Waals surface area contributed by atoms with Gasteiger partial charge in [0.15, 0.2) is 0 Å². The molecule has 0 N–H and O–H groups in total. The summed E-state index contributed by atoms with van der Waals surface area (Å²) < 4.78 is 10.4. The Morgan fingerprint density at radius 2 is 2.44 bits per heavy atom. The smallest absolute Gasteiger partial charge is 0.139 e. The maximum absolute atomic E-state index is 5.48. The van der Waals surface area contributed by atoms with Gasteiger partial charge in [0.1, 0.15) is 7.85 Å². The van der Waals surface area contributed by atoms with Gasteiger partial charge >= 0.3 is 0 Å². The predicted octanol–water partition coefficient (Wildman–Crippen LogP) is -0.229. The summed E-state index contributed by atoms with van der Waals surface area (Å²) in [5.74, 6) is 0. The number of ether oxygens (including phenoxy) is 2. The lowest BCUT2D eigenvalue weighted by Gasteiger charge is -2.08. The van der Waals surface area contributed by atoms with Crippen molar-refractivity contribution < 1.29 is 9.47 Å². The fourth-order valence-electron chi connectivity index (χ4n) is 1.19. The largest absolute Gasteiger partial charge is 0.382 e. The average Bonchev–Trinajstić information content (AvgIpc) is 2.17. The molecule has 2 atom stereocenters. The maximum Gasteiger partial charge on any atom is 0.139 e. The van der Waals surface area contributed by atoms with Crippen LogP contribution >= 0.6 is 0 Å². The molecule has 1 heterocycles. The van der Waals surface area contributed by atoms with E-state index in [1.165, 1.54) is 6.42 Å². The lowest BCUT2D eigenvalue weighted by atomic mass is 9.97. The Bertz CT molecular complexity index is 85.1. The van der Waals surface area contributed by atoms with E-state index in [0.29, 0.717) is 12.1 Å². The molecule has 1 aliphatic rings. The van der Waals surface area contributed by atoms with Crippen LogP contribution in [0.4, 0.5) is 0 Å². The first-order valence-electron chi connectivity index (χ1n) is 3.47. The molecule has 1 rings (SSSR count). The second-order valence-electron chi connectivity index (χ2n) is 2.60. The number of hydrogen-bond donors (Lipinski definition) is 0. The molecule has 2 unspecified atom stereocenters. The molecule has 0 aromatic heterocycles. The van der Waals surface area contributed by atoms with E-state index in [0.717, 1.165) is 13.0 Å². The SMILES string of the molecule is BC1CCC(COC)O1. The normalized spacial score (nSPS) is 35.2. The van der Waals surface area contributed by atoms with Crippen LogP contribution in [-0.2, 0) is 9.47 Å². The minimum Gasteiger partial charge on any atom is -0.382 e. The maximum atomic E-state index is 5.48. The van der Waals surface area contributed by atoms with Gasteiger partial charge in [-0.15, -0.1) is 0 Å². The summed E-state index contributed by atoms with van der Waals surface area (Å²) >= 11 is 0. The predicted molar refractivity (Wildman–Crippen MR) is 38.3 cm³/mol. The third kappa shape index (κ3) is 1.99. The van der Waals surface area contributed by atoms with Gasteiger partial charge in [-0.1, -0.05) is 0 Å². The van der Waals surface area contributed by atoms with E-state index in [4.69, 9.17) is 9.47 Å². The first-order chi connectivity index (χ1) is 4.33. The van der Waals surface area contributed by atoms with Crippen molar-refractivity contribution in [1.82, 2.24) is 0 Å². The van der Waals surface area contributed by atoms with E-state index in [9.17, 15) is 0 Å². The van der Waals surface area contributed by atoms with Crippen LogP contribution in [0.2, 0.25) is 0 Å². The van der Waals surface area contributed by atoms with E-state index in [2.05, 4.69) is 7.85 Å². The Labute approximate surface area is 56.9 Å². The van der Waals surface area contributed by atoms with Gasteiger partial charge in [-0.2, -0.15) is 0 Å². The second-order valence-corrected chi connectivity index (χ2v) is 2.60. The van der Waals surface area contributed by atoms with Crippen molar-refractivity contribution in [2.24, 2.45) is 0 Å². The van der Waals surface area contributed by atoms with E-state index in [-0.39, 0.29) is 0 Å². The van der Waals surface area contributed by atoms with Gasteiger partial charge in [0.25, 0.3) is 0 Å². The zero-order chi connectivity index (χ0) is 6.69. The van der Waals surface area contributed by atoms with Crippen LogP contribution in [0, 0.1) is 0 Å². The lowest BCUT2D eigenvalue weighted by molar-refractivity contribution is 0.0251. The number of rotatable bonds is 2. The summed E-state index contributed by atoms with van der Waals surface area (Å²) in [6, 6.07) is 0.449. The molecule has 3 heteroatoms. The highest BCUT2D eigenvalue weighted by Gasteiger charge is 2.20. The molecule has 9 heavy (non-hydrogen) atoms. The van der Waals surface area contributed by atoms with Crippen molar-refractivity contribution in [3.8, 4) is 0 Å². The standard InChI is InChI=1S/C6H13BO2/c1-8-4-5-2-3-6(7)9-5/h5-6H,2-4,7H2,1H3. The number of hydrogen-bond acceptors (Lipinski definition) is 2. The summed E-state index contributed by atoms with van der Waals surface area (Å²) in [6.45, 7) is 0.754. The van der Waals surface area contributed by atoms with E-state index in [1.807, 2.05) is 0 Å². The molecule has 1 saturated heterocycles. The van der Waals surface area contributed by atoms with Crippen LogP contribution < -0.4 is 0 Å². The van der Waals surface area contributed by atoms with Crippen LogP contribution in [0.3, 0.4) is 0 Å². The summed E-state index contributed by atoms with van der Waals surface area (Å²) in [5.41, 5.74) is 0. The minimum atomic E-state index is 0.366. The quantitative estimate of drug-likeness (QED) is 0.478. The van der Waals surface area contributed by atoms with Crippen LogP contribution in [0.1, 0.15) is 12.8 Å². The Morgan fingerprint density at radius 1 is 1.67 bits per heavy atom. The molecule has 0 aromatic rings. The van der Waals surface area contributed by atoms with E-state index < -0.39 is 0 Å². The fourth-order valence-corrected chi connectivity index (χ4v) is 1.19. The van der Waals surface area contributed by atoms with Gasteiger partial charge in [-0.05, 0) is 12.8 Å².